The highest BCUT2D eigenvalue weighted by atomic mass is 35.5. The van der Waals surface area contributed by atoms with E-state index in [1.54, 1.807) is 29.6 Å². The molecule has 1 aromatic carbocycles. The van der Waals surface area contributed by atoms with E-state index < -0.39 is 12.0 Å². The van der Waals surface area contributed by atoms with Gasteiger partial charge in [0.25, 0.3) is 0 Å². The maximum absolute atomic E-state index is 11.9. The average molecular weight is 327 g/mol. The lowest BCUT2D eigenvalue weighted by molar-refractivity contribution is -0.687. The lowest BCUT2D eigenvalue weighted by atomic mass is 10.1. The highest BCUT2D eigenvalue weighted by molar-refractivity contribution is 6.30. The molecule has 1 aliphatic heterocycles. The SMILES string of the molecule is O=C(C[C@H]([NH2+]C[C@@H]1CCCO1)C(=O)[O-])Nc1cccc(Cl)c1. The predicted molar refractivity (Wildman–Crippen MR) is 79.3 cm³/mol. The van der Waals surface area contributed by atoms with Crippen molar-refractivity contribution in [2.24, 2.45) is 0 Å². The maximum Gasteiger partial charge on any atom is 0.230 e. The van der Waals surface area contributed by atoms with Gasteiger partial charge in [0.15, 0.2) is 0 Å². The summed E-state index contributed by atoms with van der Waals surface area (Å²) in [7, 11) is 0. The molecule has 22 heavy (non-hydrogen) atoms. The number of amides is 1. The first-order valence-electron chi connectivity index (χ1n) is 7.26. The summed E-state index contributed by atoms with van der Waals surface area (Å²) in [6, 6.07) is 5.76. The highest BCUT2D eigenvalue weighted by Gasteiger charge is 2.23. The van der Waals surface area contributed by atoms with Crippen molar-refractivity contribution in [1.82, 2.24) is 0 Å². The molecule has 1 saturated heterocycles. The fourth-order valence-corrected chi connectivity index (χ4v) is 2.58. The number of nitrogens with one attached hydrogen (secondary N) is 1. The van der Waals surface area contributed by atoms with Crippen LogP contribution in [-0.2, 0) is 14.3 Å². The zero-order valence-corrected chi connectivity index (χ0v) is 12.8. The van der Waals surface area contributed by atoms with E-state index in [0.717, 1.165) is 12.8 Å². The molecular weight excluding hydrogens is 308 g/mol. The number of quaternary nitrogens is 1. The van der Waals surface area contributed by atoms with Crippen LogP contribution in [0.4, 0.5) is 5.69 Å². The Morgan fingerprint density at radius 3 is 2.95 bits per heavy atom. The molecule has 1 heterocycles. The van der Waals surface area contributed by atoms with Gasteiger partial charge in [0.2, 0.25) is 5.91 Å². The van der Waals surface area contributed by atoms with Gasteiger partial charge in [-0.3, -0.25) is 4.79 Å². The summed E-state index contributed by atoms with van der Waals surface area (Å²) in [5.74, 6) is -1.64. The molecule has 2 rings (SSSR count). The molecular formula is C15H19ClN2O4. The number of aliphatic carboxylic acids is 1. The van der Waals surface area contributed by atoms with E-state index in [9.17, 15) is 14.7 Å². The number of carboxylic acid groups (broad SMARTS) is 1. The number of carbonyl (C=O) groups is 2. The van der Waals surface area contributed by atoms with Crippen molar-refractivity contribution < 1.29 is 24.7 Å². The molecule has 0 aliphatic carbocycles. The van der Waals surface area contributed by atoms with Crippen molar-refractivity contribution in [3.63, 3.8) is 0 Å². The number of ether oxygens (including phenoxy) is 1. The van der Waals surface area contributed by atoms with E-state index in [0.29, 0.717) is 23.9 Å². The number of hydrogen-bond donors (Lipinski definition) is 2. The van der Waals surface area contributed by atoms with Crippen molar-refractivity contribution in [3.8, 4) is 0 Å². The molecule has 0 radical (unpaired) electrons. The number of carbonyl (C=O) groups excluding carboxylic acids is 2. The summed E-state index contributed by atoms with van der Waals surface area (Å²) >= 11 is 5.83. The van der Waals surface area contributed by atoms with Gasteiger partial charge in [0, 0.05) is 17.3 Å². The summed E-state index contributed by atoms with van der Waals surface area (Å²) < 4.78 is 5.44. The fourth-order valence-electron chi connectivity index (χ4n) is 2.39. The van der Waals surface area contributed by atoms with Gasteiger partial charge < -0.3 is 25.3 Å². The molecule has 0 aromatic heterocycles. The molecule has 6 nitrogen and oxygen atoms in total. The van der Waals surface area contributed by atoms with Crippen LogP contribution in [-0.4, -0.2) is 37.2 Å². The third-order valence-electron chi connectivity index (χ3n) is 3.52. The molecule has 1 fully saturated rings. The minimum Gasteiger partial charge on any atom is -0.544 e. The standard InChI is InChI=1S/C15H19ClN2O4/c16-10-3-1-4-11(7-10)18-14(19)8-13(15(20)21)17-9-12-5-2-6-22-12/h1,3-4,7,12-13,17H,2,5-6,8-9H2,(H,18,19)(H,20,21)/t12-,13-/m0/s1. The van der Waals surface area contributed by atoms with Crippen LogP contribution in [0.2, 0.25) is 5.02 Å². The Balaban J connectivity index is 1.84. The summed E-state index contributed by atoms with van der Waals surface area (Å²) in [5, 5.41) is 15.9. The van der Waals surface area contributed by atoms with Crippen LogP contribution in [0.3, 0.4) is 0 Å². The lowest BCUT2D eigenvalue weighted by Gasteiger charge is -2.18. The zero-order valence-electron chi connectivity index (χ0n) is 12.1. The zero-order chi connectivity index (χ0) is 15.9. The molecule has 120 valence electrons. The topological polar surface area (TPSA) is 95.1 Å². The van der Waals surface area contributed by atoms with Crippen LogP contribution >= 0.6 is 11.6 Å². The van der Waals surface area contributed by atoms with Crippen LogP contribution < -0.4 is 15.7 Å². The number of carboxylic acids is 1. The van der Waals surface area contributed by atoms with Gasteiger partial charge in [-0.1, -0.05) is 17.7 Å². The first-order chi connectivity index (χ1) is 10.5. The summed E-state index contributed by atoms with van der Waals surface area (Å²) in [6.45, 7) is 1.23. The fraction of sp³-hybridized carbons (Fsp3) is 0.467. The largest absolute Gasteiger partial charge is 0.544 e. The molecule has 2 atom stereocenters. The van der Waals surface area contributed by atoms with Crippen LogP contribution in [0.15, 0.2) is 24.3 Å². The van der Waals surface area contributed by atoms with Gasteiger partial charge in [-0.25, -0.2) is 0 Å². The van der Waals surface area contributed by atoms with Gasteiger partial charge in [-0.2, -0.15) is 0 Å². The third-order valence-corrected chi connectivity index (χ3v) is 3.76. The molecule has 0 unspecified atom stereocenters. The number of benzene rings is 1. The third kappa shape index (κ3) is 5.29. The average Bonchev–Trinajstić information content (AvgIpc) is 2.96. The van der Waals surface area contributed by atoms with E-state index in [-0.39, 0.29) is 18.4 Å². The van der Waals surface area contributed by atoms with Gasteiger partial charge in [-0.15, -0.1) is 0 Å². The number of halogens is 1. The quantitative estimate of drug-likeness (QED) is 0.708. The monoisotopic (exact) mass is 326 g/mol. The van der Waals surface area contributed by atoms with Crippen LogP contribution in [0.5, 0.6) is 0 Å². The molecule has 0 bridgehead atoms. The number of rotatable bonds is 7. The molecule has 7 heteroatoms. The van der Waals surface area contributed by atoms with Crippen LogP contribution in [0.25, 0.3) is 0 Å². The number of nitrogens with two attached hydrogens (primary N) is 1. The lowest BCUT2D eigenvalue weighted by Crippen LogP contribution is -2.94. The maximum atomic E-state index is 11.9. The van der Waals surface area contributed by atoms with E-state index >= 15 is 0 Å². The van der Waals surface area contributed by atoms with E-state index in [2.05, 4.69) is 5.32 Å². The van der Waals surface area contributed by atoms with Gasteiger partial charge in [0.05, 0.1) is 12.4 Å². The van der Waals surface area contributed by atoms with Crippen molar-refractivity contribution in [1.29, 1.82) is 0 Å². The summed E-state index contributed by atoms with van der Waals surface area (Å²) in [5.41, 5.74) is 0.536. The van der Waals surface area contributed by atoms with E-state index in [1.165, 1.54) is 0 Å². The second-order valence-electron chi connectivity index (χ2n) is 5.29. The molecule has 1 aliphatic rings. The Bertz CT molecular complexity index is 532. The molecule has 0 saturated carbocycles. The van der Waals surface area contributed by atoms with Crippen LogP contribution in [0.1, 0.15) is 19.3 Å². The second kappa shape index (κ2) is 8.12. The van der Waals surface area contributed by atoms with Gasteiger partial charge in [0.1, 0.15) is 18.7 Å². The molecule has 1 amide bonds. The van der Waals surface area contributed by atoms with E-state index in [1.807, 2.05) is 0 Å². The first-order valence-corrected chi connectivity index (χ1v) is 7.63. The normalized spacial score (nSPS) is 18.9. The van der Waals surface area contributed by atoms with Gasteiger partial charge in [-0.05, 0) is 31.0 Å². The first kappa shape index (κ1) is 16.7. The Morgan fingerprint density at radius 2 is 2.32 bits per heavy atom. The number of anilines is 1. The minimum atomic E-state index is -1.25. The van der Waals surface area contributed by atoms with E-state index in [4.69, 9.17) is 16.3 Å². The minimum absolute atomic E-state index is 0.0536. The second-order valence-corrected chi connectivity index (χ2v) is 5.73. The molecule has 0 spiro atoms. The summed E-state index contributed by atoms with van der Waals surface area (Å²) in [6.07, 6.45) is 1.80. The molecule has 3 N–H and O–H groups in total. The smallest absolute Gasteiger partial charge is 0.230 e. The Labute approximate surface area is 133 Å². The van der Waals surface area contributed by atoms with Crippen molar-refractivity contribution in [2.45, 2.75) is 31.4 Å². The summed E-state index contributed by atoms with van der Waals surface area (Å²) in [4.78, 5) is 23.1. The molecule has 1 aromatic rings. The van der Waals surface area contributed by atoms with Crippen molar-refractivity contribution in [3.05, 3.63) is 29.3 Å². The van der Waals surface area contributed by atoms with Gasteiger partial charge >= 0.3 is 0 Å². The van der Waals surface area contributed by atoms with Crippen molar-refractivity contribution >= 4 is 29.2 Å². The Hall–Kier alpha value is -1.63. The number of hydrogen-bond acceptors (Lipinski definition) is 4. The Kier molecular flexibility index (Phi) is 6.18. The predicted octanol–water partition coefficient (Wildman–Crippen LogP) is -0.470. The highest BCUT2D eigenvalue weighted by Crippen LogP contribution is 2.15. The van der Waals surface area contributed by atoms with Crippen molar-refractivity contribution in [2.75, 3.05) is 18.5 Å². The van der Waals surface area contributed by atoms with Crippen LogP contribution in [0, 0.1) is 0 Å². The Morgan fingerprint density at radius 1 is 1.50 bits per heavy atom.